The number of quaternary nitrogens is 1. The molecule has 0 saturated carbocycles. The fourth-order valence-corrected chi connectivity index (χ4v) is 4.44. The minimum atomic E-state index is -5.19. The Morgan fingerprint density at radius 2 is 1.94 bits per heavy atom. The third-order valence-corrected chi connectivity index (χ3v) is 6.22. The van der Waals surface area contributed by atoms with E-state index in [1.54, 1.807) is 26.2 Å². The standard InChI is InChI=1S/C16H22N4O6S.C2HF3O2/c1-20(2,10(6-21)13(17)23)5-3-4-9-7-27-15-11(18-8-22)14(24)19(15)12(9)16(25)26;3-2(4,5)1(6)7/h3-4,8,10-11,15,21H,5-7H2,1-2H3,(H3-,17,18,22,23,25,26);(H,6,7)/b4-3+;/t10-,11-,15+;/m1./s1. The molecule has 1 fully saturated rings. The number of fused-ring (bicyclic) bond motifs is 1. The van der Waals surface area contributed by atoms with E-state index in [0.717, 1.165) is 0 Å². The Bertz CT molecular complexity index is 906. The van der Waals surface area contributed by atoms with Crippen LogP contribution in [0.25, 0.3) is 0 Å². The number of carboxylic acids is 2. The van der Waals surface area contributed by atoms with E-state index in [1.807, 2.05) is 0 Å². The first-order chi connectivity index (χ1) is 15.6. The van der Waals surface area contributed by atoms with E-state index >= 15 is 0 Å². The SMILES string of the molecule is C[N+](C)(C/C=C/C1=C(C(=O)O)N2C(=O)[C@@H](NC=O)[C@@H]2SC1)[C@H](CO)C(N)=O.O=C([O-])C(F)(F)F. The number of aliphatic carboxylic acids is 2. The summed E-state index contributed by atoms with van der Waals surface area (Å²) in [6.07, 6.45) is -1.47. The predicted molar refractivity (Wildman–Crippen MR) is 108 cm³/mol. The summed E-state index contributed by atoms with van der Waals surface area (Å²) in [6, 6.07) is -1.51. The number of nitrogens with two attached hydrogens (primary N) is 1. The normalized spacial score (nSPS) is 21.1. The van der Waals surface area contributed by atoms with Crippen molar-refractivity contribution in [2.75, 3.05) is 33.0 Å². The van der Waals surface area contributed by atoms with Crippen molar-refractivity contribution in [1.82, 2.24) is 10.2 Å². The second-order valence-electron chi connectivity index (χ2n) is 7.60. The largest absolute Gasteiger partial charge is 0.542 e. The quantitative estimate of drug-likeness (QED) is 0.143. The number of β-lactam (4-membered cyclic amide) rings is 1. The number of carbonyl (C=O) groups is 5. The molecule has 0 radical (unpaired) electrons. The molecule has 0 aliphatic carbocycles. The molecule has 5 N–H and O–H groups in total. The third-order valence-electron chi connectivity index (χ3n) is 4.92. The van der Waals surface area contributed by atoms with Gasteiger partial charge in [-0.05, 0) is 11.6 Å². The molecule has 0 aromatic rings. The number of aliphatic hydroxyl groups excluding tert-OH is 1. The van der Waals surface area contributed by atoms with Crippen LogP contribution in [-0.2, 0) is 24.0 Å². The minimum absolute atomic E-state index is 0.0990. The zero-order valence-electron chi connectivity index (χ0n) is 17.9. The lowest BCUT2D eigenvalue weighted by Crippen LogP contribution is -2.69. The highest BCUT2D eigenvalue weighted by molar-refractivity contribution is 8.00. The van der Waals surface area contributed by atoms with Crippen molar-refractivity contribution in [3.63, 3.8) is 0 Å². The molecule has 2 heterocycles. The summed E-state index contributed by atoms with van der Waals surface area (Å²) in [4.78, 5) is 55.9. The molecule has 1 saturated heterocycles. The van der Waals surface area contributed by atoms with Gasteiger partial charge in [-0.2, -0.15) is 13.2 Å². The molecule has 12 nitrogen and oxygen atoms in total. The fraction of sp³-hybridized carbons (Fsp3) is 0.500. The van der Waals surface area contributed by atoms with Gasteiger partial charge in [-0.3, -0.25) is 19.3 Å². The highest BCUT2D eigenvalue weighted by Crippen LogP contribution is 2.40. The molecule has 0 unspecified atom stereocenters. The van der Waals surface area contributed by atoms with Gasteiger partial charge in [0, 0.05) is 5.75 Å². The number of carboxylic acid groups (broad SMARTS) is 2. The summed E-state index contributed by atoms with van der Waals surface area (Å²) in [5.74, 6) is -4.97. The number of allylic oxidation sites excluding steroid dienone is 1. The third kappa shape index (κ3) is 6.71. The number of thioether (sulfide) groups is 1. The van der Waals surface area contributed by atoms with Gasteiger partial charge in [0.05, 0.1) is 20.6 Å². The number of likely N-dealkylation sites (N-methyl/N-ethyl adjacent to an activating group) is 1. The van der Waals surface area contributed by atoms with Crippen molar-refractivity contribution in [2.45, 2.75) is 23.6 Å². The zero-order valence-corrected chi connectivity index (χ0v) is 18.8. The number of rotatable bonds is 9. The maximum atomic E-state index is 12.2. The summed E-state index contributed by atoms with van der Waals surface area (Å²) in [7, 11) is 3.45. The van der Waals surface area contributed by atoms with Crippen LogP contribution in [0.4, 0.5) is 13.2 Å². The number of primary amides is 1. The number of alkyl halides is 3. The number of carbonyl (C=O) groups excluding carboxylic acids is 4. The first-order valence-corrected chi connectivity index (χ1v) is 10.4. The maximum Gasteiger partial charge on any atom is 0.430 e. The molecule has 0 bridgehead atoms. The van der Waals surface area contributed by atoms with Crippen molar-refractivity contribution < 1.29 is 56.9 Å². The summed E-state index contributed by atoms with van der Waals surface area (Å²) in [5, 5.41) is 29.6. The van der Waals surface area contributed by atoms with Gasteiger partial charge in [0.2, 0.25) is 6.41 Å². The van der Waals surface area contributed by atoms with Crippen LogP contribution in [0.5, 0.6) is 0 Å². The van der Waals surface area contributed by atoms with Crippen LogP contribution in [0.2, 0.25) is 0 Å². The van der Waals surface area contributed by atoms with Crippen LogP contribution in [0.15, 0.2) is 23.4 Å². The van der Waals surface area contributed by atoms with Gasteiger partial charge < -0.3 is 35.6 Å². The highest BCUT2D eigenvalue weighted by atomic mass is 32.2. The van der Waals surface area contributed by atoms with Gasteiger partial charge in [0.15, 0.2) is 6.04 Å². The van der Waals surface area contributed by atoms with Crippen molar-refractivity contribution in [3.8, 4) is 0 Å². The van der Waals surface area contributed by atoms with Gasteiger partial charge in [-0.15, -0.1) is 11.8 Å². The Balaban J connectivity index is 0.000000718. The van der Waals surface area contributed by atoms with Crippen LogP contribution < -0.4 is 16.2 Å². The lowest BCUT2D eigenvalue weighted by Gasteiger charge is -2.48. The first-order valence-electron chi connectivity index (χ1n) is 9.38. The van der Waals surface area contributed by atoms with Crippen LogP contribution in [0.1, 0.15) is 0 Å². The van der Waals surface area contributed by atoms with Gasteiger partial charge >= 0.3 is 12.1 Å². The number of amides is 3. The van der Waals surface area contributed by atoms with Crippen LogP contribution in [0.3, 0.4) is 0 Å². The van der Waals surface area contributed by atoms with E-state index in [4.69, 9.17) is 15.6 Å². The smallest absolute Gasteiger partial charge is 0.430 e. The molecule has 2 aliphatic rings. The Labute approximate surface area is 195 Å². The summed E-state index contributed by atoms with van der Waals surface area (Å²) in [5.41, 5.74) is 5.65. The maximum absolute atomic E-state index is 12.2. The molecular weight excluding hydrogens is 489 g/mol. The number of nitrogens with zero attached hydrogens (tertiary/aromatic N) is 2. The molecule has 3 atom stereocenters. The second-order valence-corrected chi connectivity index (χ2v) is 8.71. The molecule has 0 aromatic carbocycles. The summed E-state index contributed by atoms with van der Waals surface area (Å²) in [6.45, 7) is -0.0773. The highest BCUT2D eigenvalue weighted by Gasteiger charge is 2.53. The fourth-order valence-electron chi connectivity index (χ4n) is 3.11. The molecule has 2 aliphatic heterocycles. The molecule has 3 amide bonds. The predicted octanol–water partition coefficient (Wildman–Crippen LogP) is -2.87. The average Bonchev–Trinajstić information content (AvgIpc) is 2.70. The van der Waals surface area contributed by atoms with Gasteiger partial charge in [0.1, 0.15) is 29.7 Å². The number of hydrogen-bond donors (Lipinski definition) is 4. The monoisotopic (exact) mass is 512 g/mol. The average molecular weight is 512 g/mol. The molecule has 16 heteroatoms. The molecule has 190 valence electrons. The van der Waals surface area contributed by atoms with Gasteiger partial charge in [0.25, 0.3) is 11.8 Å². The molecule has 0 aromatic heterocycles. The second kappa shape index (κ2) is 11.3. The van der Waals surface area contributed by atoms with Crippen molar-refractivity contribution in [3.05, 3.63) is 23.4 Å². The minimum Gasteiger partial charge on any atom is -0.542 e. The van der Waals surface area contributed by atoms with E-state index in [2.05, 4.69) is 5.32 Å². The van der Waals surface area contributed by atoms with Crippen molar-refractivity contribution in [2.24, 2.45) is 5.73 Å². The van der Waals surface area contributed by atoms with E-state index < -0.39 is 54.0 Å². The Morgan fingerprint density at radius 3 is 2.35 bits per heavy atom. The molecule has 2 rings (SSSR count). The first kappa shape index (κ1) is 28.9. The number of hydrogen-bond acceptors (Lipinski definition) is 8. The molecular formula is C18H23F3N4O8S. The number of aliphatic hydroxyl groups is 1. The van der Waals surface area contributed by atoms with Gasteiger partial charge in [-0.25, -0.2) is 4.79 Å². The van der Waals surface area contributed by atoms with E-state index in [9.17, 15) is 42.6 Å². The van der Waals surface area contributed by atoms with Crippen LogP contribution in [0, 0.1) is 0 Å². The summed E-state index contributed by atoms with van der Waals surface area (Å²) < 4.78 is 31.6. The van der Waals surface area contributed by atoms with Crippen molar-refractivity contribution in [1.29, 1.82) is 0 Å². The van der Waals surface area contributed by atoms with Crippen LogP contribution in [-0.4, -0.2) is 106 Å². The zero-order chi connectivity index (χ0) is 26.4. The Morgan fingerprint density at radius 1 is 1.38 bits per heavy atom. The molecule has 0 spiro atoms. The number of nitrogens with one attached hydrogen (secondary N) is 1. The van der Waals surface area contributed by atoms with Crippen LogP contribution >= 0.6 is 11.8 Å². The number of halogens is 3. The summed E-state index contributed by atoms with van der Waals surface area (Å²) >= 11 is 1.36. The topological polar surface area (TPSA) is 190 Å². The lowest BCUT2D eigenvalue weighted by atomic mass is 10.0. The van der Waals surface area contributed by atoms with E-state index in [-0.39, 0.29) is 10.2 Å². The van der Waals surface area contributed by atoms with Gasteiger partial charge in [-0.1, -0.05) is 6.08 Å². The Hall–Kier alpha value is -3.11. The molecule has 34 heavy (non-hydrogen) atoms. The van der Waals surface area contributed by atoms with E-state index in [0.29, 0.717) is 24.3 Å². The Kier molecular flexibility index (Phi) is 9.65. The lowest BCUT2D eigenvalue weighted by molar-refractivity contribution is -0.900. The van der Waals surface area contributed by atoms with E-state index in [1.165, 1.54) is 16.7 Å². The van der Waals surface area contributed by atoms with Crippen molar-refractivity contribution >= 4 is 41.9 Å².